The molecule has 7 nitrogen and oxygen atoms in total. The Morgan fingerprint density at radius 2 is 2.20 bits per heavy atom. The fourth-order valence-electron chi connectivity index (χ4n) is 1.56. The van der Waals surface area contributed by atoms with Gasteiger partial charge in [0.2, 0.25) is 5.91 Å². The van der Waals surface area contributed by atoms with Gasteiger partial charge in [0.1, 0.15) is 5.82 Å². The number of hydrogen-bond donors (Lipinski definition) is 2. The van der Waals surface area contributed by atoms with Crippen LogP contribution in [-0.4, -0.2) is 46.5 Å². The first-order valence-electron chi connectivity index (χ1n) is 6.00. The van der Waals surface area contributed by atoms with Crippen molar-refractivity contribution in [2.75, 3.05) is 20.1 Å². The molecule has 0 aromatic carbocycles. The van der Waals surface area contributed by atoms with Crippen molar-refractivity contribution < 1.29 is 18.4 Å². The van der Waals surface area contributed by atoms with Gasteiger partial charge >= 0.3 is 12.6 Å². The number of alkyl halides is 2. The smallest absolute Gasteiger partial charge is 0.321 e. The van der Waals surface area contributed by atoms with Gasteiger partial charge in [-0.25, -0.2) is 9.78 Å². The van der Waals surface area contributed by atoms with Crippen LogP contribution in [-0.2, 0) is 11.3 Å². The van der Waals surface area contributed by atoms with Gasteiger partial charge in [-0.1, -0.05) is 0 Å². The fourth-order valence-corrected chi connectivity index (χ4v) is 1.56. The van der Waals surface area contributed by atoms with Crippen molar-refractivity contribution in [1.29, 1.82) is 0 Å². The van der Waals surface area contributed by atoms with Crippen LogP contribution < -0.4 is 10.6 Å². The highest BCUT2D eigenvalue weighted by Crippen LogP contribution is 2.13. The molecule has 112 valence electrons. The first-order valence-corrected chi connectivity index (χ1v) is 6.00. The average molecular weight is 289 g/mol. The summed E-state index contributed by atoms with van der Waals surface area (Å²) in [5.74, 6) is -0.373. The van der Waals surface area contributed by atoms with Crippen LogP contribution in [0.25, 0.3) is 0 Å². The summed E-state index contributed by atoms with van der Waals surface area (Å²) in [5.41, 5.74) is 0. The van der Waals surface area contributed by atoms with Crippen molar-refractivity contribution in [3.63, 3.8) is 0 Å². The summed E-state index contributed by atoms with van der Waals surface area (Å²) in [6.07, 6.45) is 2.44. The number of carbonyl (C=O) groups excluding carboxylic acids is 2. The van der Waals surface area contributed by atoms with Crippen LogP contribution in [0.1, 0.15) is 19.3 Å². The van der Waals surface area contributed by atoms with Crippen molar-refractivity contribution >= 4 is 11.9 Å². The number of nitrogens with zero attached hydrogens (tertiary/aromatic N) is 3. The van der Waals surface area contributed by atoms with E-state index in [1.54, 1.807) is 14.0 Å². The molecule has 0 fully saturated rings. The van der Waals surface area contributed by atoms with E-state index in [2.05, 4.69) is 15.6 Å². The third kappa shape index (κ3) is 4.92. The minimum atomic E-state index is -2.68. The lowest BCUT2D eigenvalue weighted by atomic mass is 10.4. The number of carbonyl (C=O) groups is 2. The van der Waals surface area contributed by atoms with Crippen LogP contribution in [0.2, 0.25) is 0 Å². The zero-order valence-electron chi connectivity index (χ0n) is 11.3. The summed E-state index contributed by atoms with van der Waals surface area (Å²) in [5, 5.41) is 4.54. The van der Waals surface area contributed by atoms with Gasteiger partial charge in [-0.2, -0.15) is 8.78 Å². The topological polar surface area (TPSA) is 79.3 Å². The molecule has 0 radical (unpaired) electrons. The third-order valence-electron chi connectivity index (χ3n) is 2.37. The maximum absolute atomic E-state index is 12.6. The van der Waals surface area contributed by atoms with Crippen molar-refractivity contribution in [1.82, 2.24) is 25.1 Å². The molecule has 9 heteroatoms. The quantitative estimate of drug-likeness (QED) is 0.802. The van der Waals surface area contributed by atoms with E-state index in [4.69, 9.17) is 0 Å². The van der Waals surface area contributed by atoms with Gasteiger partial charge in [-0.05, 0) is 14.0 Å². The van der Waals surface area contributed by atoms with Crippen molar-refractivity contribution in [3.8, 4) is 0 Å². The molecule has 1 aromatic rings. The summed E-state index contributed by atoms with van der Waals surface area (Å²) in [6.45, 7) is -0.584. The van der Waals surface area contributed by atoms with E-state index in [9.17, 15) is 18.4 Å². The molecule has 0 aliphatic rings. The molecule has 0 saturated carbocycles. The van der Waals surface area contributed by atoms with Gasteiger partial charge in [-0.3, -0.25) is 19.6 Å². The first kappa shape index (κ1) is 16.0. The number of amides is 3. The summed E-state index contributed by atoms with van der Waals surface area (Å²) in [6, 6.07) is -0.583. The van der Waals surface area contributed by atoms with Crippen LogP contribution in [0.5, 0.6) is 0 Å². The minimum absolute atomic E-state index is 0.0696. The maximum atomic E-state index is 12.6. The van der Waals surface area contributed by atoms with Crippen LogP contribution in [0, 0.1) is 0 Å². The van der Waals surface area contributed by atoms with Gasteiger partial charge in [0.05, 0.1) is 13.1 Å². The van der Waals surface area contributed by atoms with E-state index in [-0.39, 0.29) is 18.9 Å². The fraction of sp³-hybridized carbons (Fsp3) is 0.545. The van der Waals surface area contributed by atoms with E-state index in [0.717, 1.165) is 4.57 Å². The highest BCUT2D eigenvalue weighted by Gasteiger charge is 2.15. The number of likely N-dealkylation sites (N-methyl/N-ethyl adjacent to an activating group) is 1. The Morgan fingerprint density at radius 3 is 2.80 bits per heavy atom. The van der Waals surface area contributed by atoms with Crippen LogP contribution in [0.15, 0.2) is 12.4 Å². The Bertz CT molecular complexity index is 463. The first-order chi connectivity index (χ1) is 9.43. The molecule has 0 aliphatic heterocycles. The molecule has 2 N–H and O–H groups in total. The molecule has 20 heavy (non-hydrogen) atoms. The van der Waals surface area contributed by atoms with Gasteiger partial charge in [-0.15, -0.1) is 0 Å². The third-order valence-corrected chi connectivity index (χ3v) is 2.37. The molecule has 0 spiro atoms. The second-order valence-corrected chi connectivity index (χ2v) is 4.11. The number of aromatic nitrogens is 2. The number of rotatable bonds is 6. The molecule has 0 saturated heterocycles. The minimum Gasteiger partial charge on any atom is -0.338 e. The summed E-state index contributed by atoms with van der Waals surface area (Å²) in [7, 11) is 1.57. The number of hydrogen-bond acceptors (Lipinski definition) is 4. The number of halogens is 2. The van der Waals surface area contributed by atoms with Gasteiger partial charge in [0.25, 0.3) is 0 Å². The predicted molar refractivity (Wildman–Crippen MR) is 67.0 cm³/mol. The lowest BCUT2D eigenvalue weighted by Crippen LogP contribution is -2.43. The SMILES string of the molecule is CCNC(=O)NC(=O)CN(C)Cc1nccn1C(F)F. The van der Waals surface area contributed by atoms with Crippen LogP contribution in [0.3, 0.4) is 0 Å². The molecule has 0 aliphatic carbocycles. The Labute approximate surface area is 115 Å². The Hall–Kier alpha value is -2.03. The monoisotopic (exact) mass is 289 g/mol. The molecule has 0 atom stereocenters. The predicted octanol–water partition coefficient (Wildman–Crippen LogP) is 0.556. The maximum Gasteiger partial charge on any atom is 0.321 e. The lowest BCUT2D eigenvalue weighted by Gasteiger charge is -2.16. The zero-order valence-corrected chi connectivity index (χ0v) is 11.3. The molecular formula is C11H17F2N5O2. The van der Waals surface area contributed by atoms with E-state index < -0.39 is 18.5 Å². The lowest BCUT2D eigenvalue weighted by molar-refractivity contribution is -0.121. The summed E-state index contributed by atoms with van der Waals surface area (Å²) < 4.78 is 25.9. The highest BCUT2D eigenvalue weighted by atomic mass is 19.3. The molecular weight excluding hydrogens is 272 g/mol. The van der Waals surface area contributed by atoms with Crippen molar-refractivity contribution in [3.05, 3.63) is 18.2 Å². The largest absolute Gasteiger partial charge is 0.338 e. The molecule has 0 unspecified atom stereocenters. The van der Waals surface area contributed by atoms with Gasteiger partial charge in [0.15, 0.2) is 0 Å². The summed E-state index contributed by atoms with van der Waals surface area (Å²) in [4.78, 5) is 27.9. The molecule has 1 rings (SSSR count). The number of imide groups is 1. The second-order valence-electron chi connectivity index (χ2n) is 4.11. The van der Waals surface area contributed by atoms with Crippen molar-refractivity contribution in [2.24, 2.45) is 0 Å². The number of nitrogens with one attached hydrogen (secondary N) is 2. The summed E-state index contributed by atoms with van der Waals surface area (Å²) >= 11 is 0. The highest BCUT2D eigenvalue weighted by molar-refractivity contribution is 5.95. The van der Waals surface area contributed by atoms with Crippen LogP contribution in [0.4, 0.5) is 13.6 Å². The second kappa shape index (κ2) is 7.53. The average Bonchev–Trinajstić information content (AvgIpc) is 2.76. The standard InChI is InChI=1S/C11H17F2N5O2/c1-3-14-11(20)16-9(19)7-17(2)6-8-15-4-5-18(8)10(12)13/h4-5,10H,3,6-7H2,1-2H3,(H2,14,16,19,20). The Kier molecular flexibility index (Phi) is 6.04. The molecule has 1 aromatic heterocycles. The van der Waals surface area contributed by atoms with E-state index >= 15 is 0 Å². The Morgan fingerprint density at radius 1 is 1.50 bits per heavy atom. The molecule has 1 heterocycles. The normalized spacial score (nSPS) is 10.9. The number of imidazole rings is 1. The van der Waals surface area contributed by atoms with Gasteiger partial charge in [0, 0.05) is 18.9 Å². The van der Waals surface area contributed by atoms with Gasteiger partial charge < -0.3 is 5.32 Å². The molecule has 3 amide bonds. The van der Waals surface area contributed by atoms with Crippen LogP contribution >= 0.6 is 0 Å². The van der Waals surface area contributed by atoms with E-state index in [1.807, 2.05) is 0 Å². The zero-order chi connectivity index (χ0) is 15.1. The van der Waals surface area contributed by atoms with E-state index in [0.29, 0.717) is 6.54 Å². The van der Waals surface area contributed by atoms with E-state index in [1.165, 1.54) is 17.3 Å². The van der Waals surface area contributed by atoms with Crippen molar-refractivity contribution in [2.45, 2.75) is 20.0 Å². The molecule has 0 bridgehead atoms. The number of urea groups is 1. The Balaban J connectivity index is 2.47.